The lowest BCUT2D eigenvalue weighted by molar-refractivity contribution is -0.0107. The second kappa shape index (κ2) is 7.07. The molecule has 0 atom stereocenters. The third kappa shape index (κ3) is 3.20. The number of ether oxygens (including phenoxy) is 1. The normalized spacial score (nSPS) is 17.6. The molecule has 2 aliphatic heterocycles. The van der Waals surface area contributed by atoms with Crippen molar-refractivity contribution in [3.8, 4) is 11.4 Å². The van der Waals surface area contributed by atoms with E-state index in [0.717, 1.165) is 55.9 Å². The summed E-state index contributed by atoms with van der Waals surface area (Å²) in [6.07, 6.45) is 5.52. The van der Waals surface area contributed by atoms with Crippen LogP contribution in [0, 0.1) is 6.92 Å². The quantitative estimate of drug-likeness (QED) is 0.663. The predicted molar refractivity (Wildman–Crippen MR) is 112 cm³/mol. The number of carbonyl (C=O) groups excluding carboxylic acids is 1. The van der Waals surface area contributed by atoms with Crippen LogP contribution in [0.3, 0.4) is 0 Å². The number of fused-ring (bicyclic) bond motifs is 1. The van der Waals surface area contributed by atoms with Crippen LogP contribution in [0.15, 0.2) is 60.8 Å². The molecule has 0 bridgehead atoms. The fraction of sp³-hybridized carbons (Fsp3) is 0.333. The molecule has 3 heterocycles. The molecule has 148 valence electrons. The summed E-state index contributed by atoms with van der Waals surface area (Å²) in [4.78, 5) is 15.1. The summed E-state index contributed by atoms with van der Waals surface area (Å²) in [5.74, 6) is 1.08. The maximum atomic E-state index is 13.2. The Morgan fingerprint density at radius 2 is 1.72 bits per heavy atom. The zero-order valence-corrected chi connectivity index (χ0v) is 16.7. The van der Waals surface area contributed by atoms with Crippen molar-refractivity contribution in [3.63, 3.8) is 0 Å². The second-order valence-electron chi connectivity index (χ2n) is 8.08. The summed E-state index contributed by atoms with van der Waals surface area (Å²) in [5.41, 5.74) is 3.69. The molecule has 1 spiro atoms. The minimum absolute atomic E-state index is 0.0655. The first-order valence-corrected chi connectivity index (χ1v) is 10.3. The van der Waals surface area contributed by atoms with E-state index in [1.807, 2.05) is 52.9 Å². The number of amides is 1. The molecule has 1 saturated heterocycles. The molecule has 0 aliphatic carbocycles. The SMILES string of the molecule is Cc1c(C(=O)N2CCC3(CCc4ccccc4O3)CC2)cnn1-c1ccccc1. The van der Waals surface area contributed by atoms with Gasteiger partial charge < -0.3 is 9.64 Å². The van der Waals surface area contributed by atoms with Crippen LogP contribution >= 0.6 is 0 Å². The third-order valence-corrected chi connectivity index (χ3v) is 6.35. The Morgan fingerprint density at radius 3 is 2.52 bits per heavy atom. The number of para-hydroxylation sites is 2. The Balaban J connectivity index is 1.30. The first-order chi connectivity index (χ1) is 14.2. The maximum Gasteiger partial charge on any atom is 0.257 e. The van der Waals surface area contributed by atoms with Crippen molar-refractivity contribution in [1.82, 2.24) is 14.7 Å². The number of aromatic nitrogens is 2. The molecule has 5 rings (SSSR count). The van der Waals surface area contributed by atoms with Gasteiger partial charge in [-0.25, -0.2) is 4.68 Å². The number of likely N-dealkylation sites (tertiary alicyclic amines) is 1. The van der Waals surface area contributed by atoms with Crippen LogP contribution in [0.25, 0.3) is 5.69 Å². The molecule has 29 heavy (non-hydrogen) atoms. The number of aryl methyl sites for hydroxylation is 1. The van der Waals surface area contributed by atoms with Crippen LogP contribution in [0.4, 0.5) is 0 Å². The van der Waals surface area contributed by atoms with E-state index >= 15 is 0 Å². The average molecular weight is 387 g/mol. The lowest BCUT2D eigenvalue weighted by atomic mass is 9.83. The summed E-state index contributed by atoms with van der Waals surface area (Å²) in [7, 11) is 0. The maximum absolute atomic E-state index is 13.2. The molecule has 3 aromatic rings. The molecular formula is C24H25N3O2. The van der Waals surface area contributed by atoms with E-state index < -0.39 is 0 Å². The van der Waals surface area contributed by atoms with Gasteiger partial charge in [0.15, 0.2) is 0 Å². The molecule has 1 aromatic heterocycles. The van der Waals surface area contributed by atoms with Gasteiger partial charge in [-0.3, -0.25) is 4.79 Å². The van der Waals surface area contributed by atoms with Crippen molar-refractivity contribution >= 4 is 5.91 Å². The van der Waals surface area contributed by atoms with Gasteiger partial charge in [-0.05, 0) is 43.5 Å². The molecule has 0 N–H and O–H groups in total. The zero-order chi connectivity index (χ0) is 19.8. The van der Waals surface area contributed by atoms with Crippen molar-refractivity contribution in [1.29, 1.82) is 0 Å². The van der Waals surface area contributed by atoms with Crippen molar-refractivity contribution in [3.05, 3.63) is 77.6 Å². The van der Waals surface area contributed by atoms with Gasteiger partial charge in [-0.1, -0.05) is 36.4 Å². The minimum Gasteiger partial charge on any atom is -0.487 e. The molecular weight excluding hydrogens is 362 g/mol. The van der Waals surface area contributed by atoms with Crippen LogP contribution in [-0.4, -0.2) is 39.3 Å². The summed E-state index contributed by atoms with van der Waals surface area (Å²) in [6.45, 7) is 3.40. The largest absolute Gasteiger partial charge is 0.487 e. The van der Waals surface area contributed by atoms with Crippen LogP contribution in [0.2, 0.25) is 0 Å². The summed E-state index contributed by atoms with van der Waals surface area (Å²) < 4.78 is 8.26. The Kier molecular flexibility index (Phi) is 4.38. The summed E-state index contributed by atoms with van der Waals surface area (Å²) in [6, 6.07) is 18.2. The van der Waals surface area contributed by atoms with E-state index in [0.29, 0.717) is 5.56 Å². The third-order valence-electron chi connectivity index (χ3n) is 6.35. The van der Waals surface area contributed by atoms with E-state index in [-0.39, 0.29) is 11.5 Å². The van der Waals surface area contributed by atoms with Gasteiger partial charge in [0.2, 0.25) is 0 Å². The number of nitrogens with zero attached hydrogens (tertiary/aromatic N) is 3. The Bertz CT molecular complexity index is 1030. The fourth-order valence-corrected chi connectivity index (χ4v) is 4.55. The van der Waals surface area contributed by atoms with E-state index in [2.05, 4.69) is 23.3 Å². The number of rotatable bonds is 2. The van der Waals surface area contributed by atoms with Crippen LogP contribution < -0.4 is 4.74 Å². The van der Waals surface area contributed by atoms with Crippen molar-refractivity contribution in [2.24, 2.45) is 0 Å². The Hall–Kier alpha value is -3.08. The lowest BCUT2D eigenvalue weighted by Crippen LogP contribution is -2.51. The molecule has 1 fully saturated rings. The second-order valence-corrected chi connectivity index (χ2v) is 8.08. The minimum atomic E-state index is -0.131. The van der Waals surface area contributed by atoms with Gasteiger partial charge in [0.05, 0.1) is 23.1 Å². The van der Waals surface area contributed by atoms with E-state index in [9.17, 15) is 4.79 Å². The molecule has 2 aliphatic rings. The van der Waals surface area contributed by atoms with Gasteiger partial charge in [0, 0.05) is 25.9 Å². The number of hydrogen-bond acceptors (Lipinski definition) is 3. The van der Waals surface area contributed by atoms with Crippen LogP contribution in [0.5, 0.6) is 5.75 Å². The molecule has 5 nitrogen and oxygen atoms in total. The van der Waals surface area contributed by atoms with E-state index in [1.54, 1.807) is 6.20 Å². The molecule has 0 unspecified atom stereocenters. The van der Waals surface area contributed by atoms with Crippen molar-refractivity contribution in [2.75, 3.05) is 13.1 Å². The smallest absolute Gasteiger partial charge is 0.257 e. The lowest BCUT2D eigenvalue weighted by Gasteiger charge is -2.44. The van der Waals surface area contributed by atoms with Crippen LogP contribution in [-0.2, 0) is 6.42 Å². The van der Waals surface area contributed by atoms with Gasteiger partial charge in [0.1, 0.15) is 11.4 Å². The highest BCUT2D eigenvalue weighted by atomic mass is 16.5. The average Bonchev–Trinajstić information content (AvgIpc) is 3.15. The molecule has 0 saturated carbocycles. The molecule has 2 aromatic carbocycles. The first kappa shape index (κ1) is 18.0. The van der Waals surface area contributed by atoms with Gasteiger partial charge in [-0.2, -0.15) is 5.10 Å². The number of piperidine rings is 1. The summed E-state index contributed by atoms with van der Waals surface area (Å²) >= 11 is 0. The first-order valence-electron chi connectivity index (χ1n) is 10.3. The highest BCUT2D eigenvalue weighted by Crippen LogP contribution is 2.39. The zero-order valence-electron chi connectivity index (χ0n) is 16.7. The fourth-order valence-electron chi connectivity index (χ4n) is 4.55. The molecule has 5 heteroatoms. The highest BCUT2D eigenvalue weighted by molar-refractivity contribution is 5.95. The number of benzene rings is 2. The highest BCUT2D eigenvalue weighted by Gasteiger charge is 2.40. The monoisotopic (exact) mass is 387 g/mol. The summed E-state index contributed by atoms with van der Waals surface area (Å²) in [5, 5.41) is 4.45. The molecule has 1 amide bonds. The van der Waals surface area contributed by atoms with Crippen molar-refractivity contribution < 1.29 is 9.53 Å². The Morgan fingerprint density at radius 1 is 1.00 bits per heavy atom. The standard InChI is InChI=1S/C24H25N3O2/c1-18-21(17-25-27(18)20-8-3-2-4-9-20)23(28)26-15-13-24(14-16-26)12-11-19-7-5-6-10-22(19)29-24/h2-10,17H,11-16H2,1H3. The Labute approximate surface area is 170 Å². The van der Waals surface area contributed by atoms with E-state index in [1.165, 1.54) is 5.56 Å². The number of carbonyl (C=O) groups is 1. The molecule has 0 radical (unpaired) electrons. The van der Waals surface area contributed by atoms with E-state index in [4.69, 9.17) is 4.74 Å². The van der Waals surface area contributed by atoms with Crippen molar-refractivity contribution in [2.45, 2.75) is 38.2 Å². The number of hydrogen-bond donors (Lipinski definition) is 0. The predicted octanol–water partition coefficient (Wildman–Crippen LogP) is 4.18. The topological polar surface area (TPSA) is 47.4 Å². The van der Waals surface area contributed by atoms with Gasteiger partial charge in [-0.15, -0.1) is 0 Å². The van der Waals surface area contributed by atoms with Crippen LogP contribution in [0.1, 0.15) is 40.9 Å². The van der Waals surface area contributed by atoms with Gasteiger partial charge in [0.25, 0.3) is 5.91 Å². The van der Waals surface area contributed by atoms with Gasteiger partial charge >= 0.3 is 0 Å².